The molecular formula is C12H20N2O3S. The predicted octanol–water partition coefficient (Wildman–Crippen LogP) is 1.05. The zero-order valence-electron chi connectivity index (χ0n) is 10.8. The highest BCUT2D eigenvalue weighted by Gasteiger charge is 2.10. The van der Waals surface area contributed by atoms with Crippen molar-refractivity contribution >= 4 is 9.84 Å². The number of hydrogen-bond acceptors (Lipinski definition) is 5. The zero-order chi connectivity index (χ0) is 13.6. The minimum absolute atomic E-state index is 0.0265. The fourth-order valence-corrected chi connectivity index (χ4v) is 2.73. The summed E-state index contributed by atoms with van der Waals surface area (Å²) in [4.78, 5) is 4.24. The molecule has 0 amide bonds. The van der Waals surface area contributed by atoms with Gasteiger partial charge in [-0.05, 0) is 25.5 Å². The third kappa shape index (κ3) is 4.62. The normalized spacial score (nSPS) is 11.5. The van der Waals surface area contributed by atoms with Crippen LogP contribution in [0, 0.1) is 6.92 Å². The van der Waals surface area contributed by atoms with Gasteiger partial charge in [-0.25, -0.2) is 8.42 Å². The van der Waals surface area contributed by atoms with Crippen LogP contribution in [0.3, 0.4) is 0 Å². The van der Waals surface area contributed by atoms with Crippen molar-refractivity contribution in [1.29, 1.82) is 0 Å². The van der Waals surface area contributed by atoms with Crippen LogP contribution in [0.4, 0.5) is 0 Å². The average molecular weight is 272 g/mol. The number of pyridine rings is 1. The quantitative estimate of drug-likeness (QED) is 0.802. The Morgan fingerprint density at radius 1 is 1.33 bits per heavy atom. The molecule has 0 bridgehead atoms. The summed E-state index contributed by atoms with van der Waals surface area (Å²) in [5.41, 5.74) is 7.08. The lowest BCUT2D eigenvalue weighted by atomic mass is 10.3. The molecule has 18 heavy (non-hydrogen) atoms. The molecule has 0 saturated carbocycles. The van der Waals surface area contributed by atoms with Crippen LogP contribution in [0.15, 0.2) is 12.1 Å². The maximum atomic E-state index is 11.5. The fourth-order valence-electron chi connectivity index (χ4n) is 1.57. The van der Waals surface area contributed by atoms with Crippen molar-refractivity contribution in [2.24, 2.45) is 5.73 Å². The molecule has 2 N–H and O–H groups in total. The van der Waals surface area contributed by atoms with Gasteiger partial charge in [0.25, 0.3) is 0 Å². The van der Waals surface area contributed by atoms with Crippen molar-refractivity contribution in [2.75, 3.05) is 18.1 Å². The summed E-state index contributed by atoms with van der Waals surface area (Å²) in [6.45, 7) is 4.13. The number of nitrogens with two attached hydrogens (primary N) is 1. The van der Waals surface area contributed by atoms with E-state index in [0.717, 1.165) is 5.69 Å². The van der Waals surface area contributed by atoms with Crippen LogP contribution in [0.5, 0.6) is 5.75 Å². The third-order valence-corrected chi connectivity index (χ3v) is 4.25. The molecule has 0 aromatic carbocycles. The number of aromatic nitrogens is 1. The van der Waals surface area contributed by atoms with E-state index in [1.165, 1.54) is 0 Å². The van der Waals surface area contributed by atoms with E-state index in [4.69, 9.17) is 10.5 Å². The molecule has 1 aromatic rings. The topological polar surface area (TPSA) is 82.3 Å². The second kappa shape index (κ2) is 6.70. The lowest BCUT2D eigenvalue weighted by Crippen LogP contribution is -2.17. The molecule has 102 valence electrons. The van der Waals surface area contributed by atoms with E-state index >= 15 is 0 Å². The molecule has 0 aliphatic rings. The lowest BCUT2D eigenvalue weighted by molar-refractivity contribution is 0.335. The fraction of sp³-hybridized carbons (Fsp3) is 0.583. The molecule has 0 fully saturated rings. The Balaban J connectivity index is 2.59. The van der Waals surface area contributed by atoms with E-state index in [-0.39, 0.29) is 24.7 Å². The van der Waals surface area contributed by atoms with Crippen LogP contribution in [-0.2, 0) is 16.4 Å². The van der Waals surface area contributed by atoms with Crippen LogP contribution in [0.25, 0.3) is 0 Å². The number of aryl methyl sites for hydroxylation is 1. The van der Waals surface area contributed by atoms with Crippen molar-refractivity contribution in [1.82, 2.24) is 4.98 Å². The molecule has 5 nitrogen and oxygen atoms in total. The van der Waals surface area contributed by atoms with Crippen LogP contribution in [0.2, 0.25) is 0 Å². The van der Waals surface area contributed by atoms with Crippen molar-refractivity contribution in [3.05, 3.63) is 23.5 Å². The Morgan fingerprint density at radius 2 is 2.06 bits per heavy atom. The van der Waals surface area contributed by atoms with Gasteiger partial charge in [0, 0.05) is 12.2 Å². The second-order valence-electron chi connectivity index (χ2n) is 4.10. The summed E-state index contributed by atoms with van der Waals surface area (Å²) in [7, 11) is -3.01. The first kappa shape index (κ1) is 14.9. The number of ether oxygens (including phenoxy) is 1. The Bertz CT molecular complexity index is 486. The van der Waals surface area contributed by atoms with Gasteiger partial charge in [-0.15, -0.1) is 0 Å². The monoisotopic (exact) mass is 272 g/mol. The smallest absolute Gasteiger partial charge is 0.153 e. The molecule has 0 aliphatic carbocycles. The van der Waals surface area contributed by atoms with Gasteiger partial charge in [0.1, 0.15) is 12.4 Å². The van der Waals surface area contributed by atoms with E-state index in [2.05, 4.69) is 4.98 Å². The molecule has 1 rings (SSSR count). The summed E-state index contributed by atoms with van der Waals surface area (Å²) in [5, 5.41) is 0. The largest absolute Gasteiger partial charge is 0.491 e. The van der Waals surface area contributed by atoms with E-state index in [0.29, 0.717) is 17.9 Å². The van der Waals surface area contributed by atoms with Crippen LogP contribution >= 0.6 is 0 Å². The van der Waals surface area contributed by atoms with Crippen LogP contribution in [0.1, 0.15) is 24.7 Å². The zero-order valence-corrected chi connectivity index (χ0v) is 11.7. The maximum absolute atomic E-state index is 11.5. The first-order valence-corrected chi connectivity index (χ1v) is 7.80. The number of nitrogens with zero attached hydrogens (tertiary/aromatic N) is 1. The van der Waals surface area contributed by atoms with Gasteiger partial charge in [-0.1, -0.05) is 6.92 Å². The van der Waals surface area contributed by atoms with Gasteiger partial charge in [0.2, 0.25) is 0 Å². The van der Waals surface area contributed by atoms with Gasteiger partial charge < -0.3 is 10.5 Å². The van der Waals surface area contributed by atoms with E-state index in [9.17, 15) is 8.42 Å². The van der Waals surface area contributed by atoms with Crippen molar-refractivity contribution in [3.63, 3.8) is 0 Å². The average Bonchev–Trinajstić information content (AvgIpc) is 2.30. The van der Waals surface area contributed by atoms with Gasteiger partial charge in [0.05, 0.1) is 17.2 Å². The SMILES string of the molecule is CCCS(=O)(=O)CCOc1ccc(C)nc1CN. The summed E-state index contributed by atoms with van der Waals surface area (Å²) < 4.78 is 28.5. The number of hydrogen-bond donors (Lipinski definition) is 1. The Morgan fingerprint density at radius 3 is 2.67 bits per heavy atom. The van der Waals surface area contributed by atoms with Crippen LogP contribution in [-0.4, -0.2) is 31.5 Å². The summed E-state index contributed by atoms with van der Waals surface area (Å²) >= 11 is 0. The van der Waals surface area contributed by atoms with Crippen molar-refractivity contribution in [2.45, 2.75) is 26.8 Å². The van der Waals surface area contributed by atoms with E-state index < -0.39 is 9.84 Å². The molecular weight excluding hydrogens is 252 g/mol. The van der Waals surface area contributed by atoms with Gasteiger partial charge in [0.15, 0.2) is 9.84 Å². The Labute approximate surface area is 108 Å². The van der Waals surface area contributed by atoms with Gasteiger partial charge in [-0.3, -0.25) is 4.98 Å². The lowest BCUT2D eigenvalue weighted by Gasteiger charge is -2.10. The maximum Gasteiger partial charge on any atom is 0.153 e. The second-order valence-corrected chi connectivity index (χ2v) is 6.41. The molecule has 0 unspecified atom stereocenters. The number of rotatable bonds is 7. The molecule has 1 aromatic heterocycles. The molecule has 0 spiro atoms. The highest BCUT2D eigenvalue weighted by Crippen LogP contribution is 2.16. The third-order valence-electron chi connectivity index (χ3n) is 2.43. The Kier molecular flexibility index (Phi) is 5.55. The van der Waals surface area contributed by atoms with Gasteiger partial charge in [-0.2, -0.15) is 0 Å². The summed E-state index contributed by atoms with van der Waals surface area (Å²) in [6, 6.07) is 3.59. The highest BCUT2D eigenvalue weighted by atomic mass is 32.2. The number of sulfone groups is 1. The van der Waals surface area contributed by atoms with Crippen molar-refractivity contribution < 1.29 is 13.2 Å². The van der Waals surface area contributed by atoms with Gasteiger partial charge >= 0.3 is 0 Å². The van der Waals surface area contributed by atoms with E-state index in [1.807, 2.05) is 19.9 Å². The minimum atomic E-state index is -3.01. The highest BCUT2D eigenvalue weighted by molar-refractivity contribution is 7.91. The summed E-state index contributed by atoms with van der Waals surface area (Å²) in [6.07, 6.45) is 0.627. The minimum Gasteiger partial charge on any atom is -0.491 e. The Hall–Kier alpha value is -1.14. The first-order chi connectivity index (χ1) is 8.48. The van der Waals surface area contributed by atoms with Crippen LogP contribution < -0.4 is 10.5 Å². The van der Waals surface area contributed by atoms with Crippen molar-refractivity contribution in [3.8, 4) is 5.75 Å². The molecule has 0 aliphatic heterocycles. The van der Waals surface area contributed by atoms with E-state index in [1.54, 1.807) is 6.07 Å². The predicted molar refractivity (Wildman–Crippen MR) is 71.3 cm³/mol. The molecule has 1 heterocycles. The molecule has 0 atom stereocenters. The summed E-state index contributed by atoms with van der Waals surface area (Å²) in [5.74, 6) is 0.792. The standard InChI is InChI=1S/C12H20N2O3S/c1-3-7-18(15,16)8-6-17-12-5-4-10(2)14-11(12)9-13/h4-5H,3,6-9,13H2,1-2H3. The molecule has 0 saturated heterocycles. The molecule has 0 radical (unpaired) electrons. The first-order valence-electron chi connectivity index (χ1n) is 5.98. The molecule has 6 heteroatoms.